The molecule has 0 amide bonds. The van der Waals surface area contributed by atoms with Crippen LogP contribution in [0.1, 0.15) is 0 Å². The van der Waals surface area contributed by atoms with Gasteiger partial charge in [-0.05, 0) is 36.4 Å². The van der Waals surface area contributed by atoms with Gasteiger partial charge in [-0.2, -0.15) is 0 Å². The zero-order valence-electron chi connectivity index (χ0n) is 10.8. The molecule has 0 saturated carbocycles. The van der Waals surface area contributed by atoms with Crippen molar-refractivity contribution in [3.8, 4) is 17.0 Å². The van der Waals surface area contributed by atoms with Crippen molar-refractivity contribution in [2.45, 2.75) is 0 Å². The summed E-state index contributed by atoms with van der Waals surface area (Å²) in [7, 11) is 0. The second-order valence-electron chi connectivity index (χ2n) is 4.40. The van der Waals surface area contributed by atoms with Gasteiger partial charge in [-0.25, -0.2) is 14.2 Å². The van der Waals surface area contributed by atoms with Gasteiger partial charge in [-0.3, -0.25) is 0 Å². The molecule has 2 aromatic carbocycles. The number of fused-ring (bicyclic) bond motifs is 1. The fraction of sp³-hybridized carbons (Fsp3) is 0. The van der Waals surface area contributed by atoms with Gasteiger partial charge in [0.1, 0.15) is 11.6 Å². The van der Waals surface area contributed by atoms with Crippen LogP contribution in [-0.2, 0) is 0 Å². The Morgan fingerprint density at radius 2 is 1.81 bits per heavy atom. The van der Waals surface area contributed by atoms with E-state index in [9.17, 15) is 9.18 Å². The average Bonchev–Trinajstić information content (AvgIpc) is 2.47. The zero-order valence-corrected chi connectivity index (χ0v) is 10.8. The van der Waals surface area contributed by atoms with Crippen LogP contribution in [0.25, 0.3) is 22.2 Å². The summed E-state index contributed by atoms with van der Waals surface area (Å²) < 4.78 is 17.8. The van der Waals surface area contributed by atoms with Crippen molar-refractivity contribution >= 4 is 17.1 Å². The lowest BCUT2D eigenvalue weighted by Crippen LogP contribution is -2.04. The number of nitrogens with zero attached hydrogens (tertiary/aromatic N) is 1. The van der Waals surface area contributed by atoms with E-state index in [1.807, 2.05) is 0 Å². The summed E-state index contributed by atoms with van der Waals surface area (Å²) in [6, 6.07) is 14.4. The molecule has 0 aliphatic heterocycles. The Morgan fingerprint density at radius 1 is 1.10 bits per heavy atom. The Morgan fingerprint density at radius 3 is 2.52 bits per heavy atom. The summed E-state index contributed by atoms with van der Waals surface area (Å²) in [5, 5.41) is 9.43. The van der Waals surface area contributed by atoms with Crippen molar-refractivity contribution < 1.29 is 19.0 Å². The van der Waals surface area contributed by atoms with Crippen LogP contribution in [0.2, 0.25) is 0 Å². The third kappa shape index (κ3) is 2.67. The van der Waals surface area contributed by atoms with Crippen LogP contribution in [0.3, 0.4) is 0 Å². The Bertz CT molecular complexity index is 815. The minimum Gasteiger partial charge on any atom is -0.449 e. The first-order valence-electron chi connectivity index (χ1n) is 6.20. The second kappa shape index (κ2) is 5.20. The molecule has 0 bridgehead atoms. The summed E-state index contributed by atoms with van der Waals surface area (Å²) >= 11 is 0. The summed E-state index contributed by atoms with van der Waals surface area (Å²) in [4.78, 5) is 15.3. The first kappa shape index (κ1) is 13.1. The number of benzene rings is 2. The summed E-state index contributed by atoms with van der Waals surface area (Å²) in [6.45, 7) is 0. The van der Waals surface area contributed by atoms with Crippen molar-refractivity contribution in [2.75, 3.05) is 0 Å². The second-order valence-corrected chi connectivity index (χ2v) is 4.40. The Labute approximate surface area is 119 Å². The van der Waals surface area contributed by atoms with Crippen molar-refractivity contribution in [3.05, 3.63) is 60.4 Å². The van der Waals surface area contributed by atoms with Crippen molar-refractivity contribution in [1.82, 2.24) is 4.98 Å². The normalized spacial score (nSPS) is 10.5. The van der Waals surface area contributed by atoms with Crippen LogP contribution in [0.5, 0.6) is 5.75 Å². The van der Waals surface area contributed by atoms with Gasteiger partial charge in [-0.15, -0.1) is 0 Å². The van der Waals surface area contributed by atoms with E-state index in [0.29, 0.717) is 22.2 Å². The predicted octanol–water partition coefficient (Wildman–Crippen LogP) is 4.10. The molecule has 0 atom stereocenters. The molecule has 1 aromatic heterocycles. The van der Waals surface area contributed by atoms with Crippen LogP contribution < -0.4 is 4.74 Å². The topological polar surface area (TPSA) is 59.4 Å². The third-order valence-electron chi connectivity index (χ3n) is 3.02. The third-order valence-corrected chi connectivity index (χ3v) is 3.02. The molecule has 1 heterocycles. The maximum absolute atomic E-state index is 13.0. The zero-order chi connectivity index (χ0) is 14.8. The number of carbonyl (C=O) groups is 1. The molecule has 5 heteroatoms. The van der Waals surface area contributed by atoms with E-state index in [1.165, 1.54) is 18.2 Å². The summed E-state index contributed by atoms with van der Waals surface area (Å²) in [6.07, 6.45) is -1.39. The van der Waals surface area contributed by atoms with E-state index in [0.717, 1.165) is 0 Å². The summed E-state index contributed by atoms with van der Waals surface area (Å²) in [5.41, 5.74) is 1.80. The van der Waals surface area contributed by atoms with Gasteiger partial charge < -0.3 is 9.84 Å². The monoisotopic (exact) mass is 283 g/mol. The molecule has 0 fully saturated rings. The van der Waals surface area contributed by atoms with E-state index < -0.39 is 6.16 Å². The molecule has 4 nitrogen and oxygen atoms in total. The molecule has 0 radical (unpaired) electrons. The maximum Gasteiger partial charge on any atom is 0.511 e. The fourth-order valence-corrected chi connectivity index (χ4v) is 2.09. The first-order chi connectivity index (χ1) is 10.1. The number of carboxylic acid groups (broad SMARTS) is 1. The van der Waals surface area contributed by atoms with Gasteiger partial charge in [0.05, 0.1) is 11.2 Å². The number of aromatic nitrogens is 1. The Balaban J connectivity index is 2.19. The minimum atomic E-state index is -1.39. The number of pyridine rings is 1. The van der Waals surface area contributed by atoms with Crippen molar-refractivity contribution in [2.24, 2.45) is 0 Å². The molecule has 3 aromatic rings. The molecule has 0 unspecified atom stereocenters. The van der Waals surface area contributed by atoms with Gasteiger partial charge in [0.2, 0.25) is 0 Å². The molecule has 0 aliphatic rings. The van der Waals surface area contributed by atoms with E-state index in [2.05, 4.69) is 4.98 Å². The highest BCUT2D eigenvalue weighted by molar-refractivity contribution is 5.89. The highest BCUT2D eigenvalue weighted by Gasteiger charge is 2.11. The molecule has 1 N–H and O–H groups in total. The fourth-order valence-electron chi connectivity index (χ4n) is 2.09. The highest BCUT2D eigenvalue weighted by Crippen LogP contribution is 2.30. The predicted molar refractivity (Wildman–Crippen MR) is 75.8 cm³/mol. The maximum atomic E-state index is 13.0. The van der Waals surface area contributed by atoms with Crippen LogP contribution in [0, 0.1) is 5.82 Å². The SMILES string of the molecule is O=C(O)Oc1cc(-c2ccc(F)cc2)nc2ccccc12. The van der Waals surface area contributed by atoms with E-state index in [4.69, 9.17) is 9.84 Å². The molecule has 3 rings (SSSR count). The van der Waals surface area contributed by atoms with E-state index >= 15 is 0 Å². The first-order valence-corrected chi connectivity index (χ1v) is 6.20. The van der Waals surface area contributed by atoms with Gasteiger partial charge in [-0.1, -0.05) is 12.1 Å². The van der Waals surface area contributed by atoms with E-state index in [1.54, 1.807) is 36.4 Å². The standard InChI is InChI=1S/C16H10FNO3/c17-11-7-5-10(6-8-11)14-9-15(21-16(19)20)12-3-1-2-4-13(12)18-14/h1-9H,(H,19,20). The number of para-hydroxylation sites is 1. The molecule has 0 aliphatic carbocycles. The number of hydrogen-bond acceptors (Lipinski definition) is 3. The van der Waals surface area contributed by atoms with Crippen LogP contribution >= 0.6 is 0 Å². The number of rotatable bonds is 2. The van der Waals surface area contributed by atoms with Gasteiger partial charge in [0.25, 0.3) is 0 Å². The van der Waals surface area contributed by atoms with Crippen LogP contribution in [-0.4, -0.2) is 16.2 Å². The number of halogens is 1. The van der Waals surface area contributed by atoms with E-state index in [-0.39, 0.29) is 11.6 Å². The van der Waals surface area contributed by atoms with Crippen LogP contribution in [0.15, 0.2) is 54.6 Å². The quantitative estimate of drug-likeness (QED) is 0.719. The minimum absolute atomic E-state index is 0.201. The molecule has 104 valence electrons. The number of ether oxygens (including phenoxy) is 1. The average molecular weight is 283 g/mol. The molecule has 21 heavy (non-hydrogen) atoms. The van der Waals surface area contributed by atoms with Crippen LogP contribution in [0.4, 0.5) is 9.18 Å². The largest absolute Gasteiger partial charge is 0.511 e. The number of hydrogen-bond donors (Lipinski definition) is 1. The van der Waals surface area contributed by atoms with Gasteiger partial charge in [0, 0.05) is 17.0 Å². The Kier molecular flexibility index (Phi) is 3.23. The smallest absolute Gasteiger partial charge is 0.449 e. The lowest BCUT2D eigenvalue weighted by Gasteiger charge is -2.08. The lowest BCUT2D eigenvalue weighted by molar-refractivity contribution is 0.145. The molecular formula is C16H10FNO3. The Hall–Kier alpha value is -2.95. The van der Waals surface area contributed by atoms with Gasteiger partial charge in [0.15, 0.2) is 0 Å². The molecular weight excluding hydrogens is 273 g/mol. The van der Waals surface area contributed by atoms with Crippen molar-refractivity contribution in [1.29, 1.82) is 0 Å². The summed E-state index contributed by atoms with van der Waals surface area (Å²) in [5.74, 6) is -0.144. The van der Waals surface area contributed by atoms with Gasteiger partial charge >= 0.3 is 6.16 Å². The highest BCUT2D eigenvalue weighted by atomic mass is 19.1. The molecule has 0 spiro atoms. The lowest BCUT2D eigenvalue weighted by atomic mass is 10.1. The van der Waals surface area contributed by atoms with Crippen molar-refractivity contribution in [3.63, 3.8) is 0 Å². The molecule has 0 saturated heterocycles.